The van der Waals surface area contributed by atoms with Crippen molar-refractivity contribution in [3.05, 3.63) is 28.9 Å². The van der Waals surface area contributed by atoms with E-state index in [-0.39, 0.29) is 0 Å². The van der Waals surface area contributed by atoms with Gasteiger partial charge in [-0.05, 0) is 31.7 Å². The smallest absolute Gasteiger partial charge is 0.188 e. The molecule has 0 unspecified atom stereocenters. The van der Waals surface area contributed by atoms with Gasteiger partial charge < -0.3 is 11.1 Å². The molecular weight excluding hydrogens is 232 g/mol. The highest BCUT2D eigenvalue weighted by Gasteiger charge is 2.15. The van der Waals surface area contributed by atoms with Crippen LogP contribution in [-0.2, 0) is 12.8 Å². The van der Waals surface area contributed by atoms with Gasteiger partial charge in [-0.2, -0.15) is 0 Å². The van der Waals surface area contributed by atoms with Crippen molar-refractivity contribution < 1.29 is 0 Å². The molecule has 0 bridgehead atoms. The quantitative estimate of drug-likeness (QED) is 0.855. The Morgan fingerprint density at radius 2 is 2.18 bits per heavy atom. The third-order valence-electron chi connectivity index (χ3n) is 2.86. The number of anilines is 3. The van der Waals surface area contributed by atoms with Crippen molar-refractivity contribution in [2.45, 2.75) is 25.7 Å². The number of aryl methyl sites for hydroxylation is 2. The monoisotopic (exact) mass is 246 g/mol. The summed E-state index contributed by atoms with van der Waals surface area (Å²) in [6.07, 6.45) is 6.51. The Morgan fingerprint density at radius 1 is 1.29 bits per heavy atom. The lowest BCUT2D eigenvalue weighted by molar-refractivity contribution is 0.683. The van der Waals surface area contributed by atoms with Crippen LogP contribution in [0.5, 0.6) is 0 Å². The van der Waals surface area contributed by atoms with Gasteiger partial charge in [-0.3, -0.25) is 0 Å². The topological polar surface area (TPSA) is 63.8 Å². The number of fused-ring (bicyclic) bond motifs is 1. The van der Waals surface area contributed by atoms with Gasteiger partial charge in [0.25, 0.3) is 0 Å². The van der Waals surface area contributed by atoms with Crippen LogP contribution in [0.1, 0.15) is 23.4 Å². The summed E-state index contributed by atoms with van der Waals surface area (Å²) in [5.41, 5.74) is 7.68. The van der Waals surface area contributed by atoms with Gasteiger partial charge in [0, 0.05) is 22.8 Å². The second-order valence-electron chi connectivity index (χ2n) is 4.20. The van der Waals surface area contributed by atoms with Gasteiger partial charge in [0.2, 0.25) is 0 Å². The van der Waals surface area contributed by atoms with E-state index >= 15 is 0 Å². The molecule has 88 valence electrons. The third kappa shape index (κ3) is 2.24. The predicted octanol–water partition coefficient (Wildman–Crippen LogP) is 2.74. The molecule has 0 saturated carbocycles. The summed E-state index contributed by atoms with van der Waals surface area (Å²) in [6.45, 7) is 0. The van der Waals surface area contributed by atoms with Crippen LogP contribution in [0, 0.1) is 0 Å². The first kappa shape index (κ1) is 10.5. The number of rotatable bonds is 2. The van der Waals surface area contributed by atoms with Crippen molar-refractivity contribution in [1.82, 2.24) is 9.97 Å². The first-order valence-electron chi connectivity index (χ1n) is 5.78. The van der Waals surface area contributed by atoms with Gasteiger partial charge >= 0.3 is 0 Å². The van der Waals surface area contributed by atoms with Crippen molar-refractivity contribution in [3.8, 4) is 0 Å². The minimum atomic E-state index is 0.712. The van der Waals surface area contributed by atoms with E-state index in [1.54, 1.807) is 23.6 Å². The maximum Gasteiger partial charge on any atom is 0.188 e. The molecule has 17 heavy (non-hydrogen) atoms. The molecule has 0 aromatic carbocycles. The second-order valence-corrected chi connectivity index (χ2v) is 5.28. The fraction of sp³-hybridized carbons (Fsp3) is 0.333. The van der Waals surface area contributed by atoms with Crippen molar-refractivity contribution in [3.63, 3.8) is 0 Å². The van der Waals surface area contributed by atoms with Gasteiger partial charge in [0.1, 0.15) is 5.82 Å². The highest BCUT2D eigenvalue weighted by Crippen LogP contribution is 2.30. The van der Waals surface area contributed by atoms with Crippen LogP contribution < -0.4 is 11.1 Å². The lowest BCUT2D eigenvalue weighted by Crippen LogP contribution is -1.99. The van der Waals surface area contributed by atoms with Crippen LogP contribution in [-0.4, -0.2) is 9.97 Å². The average Bonchev–Trinajstić information content (AvgIpc) is 2.71. The van der Waals surface area contributed by atoms with E-state index in [0.717, 1.165) is 17.4 Å². The molecular formula is C12H14N4S. The van der Waals surface area contributed by atoms with E-state index in [1.807, 2.05) is 6.07 Å². The van der Waals surface area contributed by atoms with E-state index in [0.29, 0.717) is 5.69 Å². The van der Waals surface area contributed by atoms with Crippen LogP contribution in [0.15, 0.2) is 18.3 Å². The van der Waals surface area contributed by atoms with Crippen LogP contribution in [0.3, 0.4) is 0 Å². The largest absolute Gasteiger partial charge is 0.399 e. The van der Waals surface area contributed by atoms with Gasteiger partial charge in [-0.1, -0.05) is 0 Å². The maximum absolute atomic E-state index is 5.71. The molecule has 0 saturated heterocycles. The van der Waals surface area contributed by atoms with Crippen molar-refractivity contribution in [2.24, 2.45) is 0 Å². The van der Waals surface area contributed by atoms with Crippen LogP contribution in [0.4, 0.5) is 16.6 Å². The molecule has 3 N–H and O–H groups in total. The minimum absolute atomic E-state index is 0.712. The first-order chi connectivity index (χ1) is 8.31. The van der Waals surface area contributed by atoms with Crippen LogP contribution >= 0.6 is 11.3 Å². The summed E-state index contributed by atoms with van der Waals surface area (Å²) in [4.78, 5) is 10.2. The molecule has 5 heteroatoms. The maximum atomic E-state index is 5.71. The number of nitrogen functional groups attached to an aromatic ring is 1. The Labute approximate surface area is 104 Å². The Kier molecular flexibility index (Phi) is 2.68. The number of hydrogen-bond donors (Lipinski definition) is 2. The summed E-state index contributed by atoms with van der Waals surface area (Å²) in [5, 5.41) is 4.14. The number of nitrogens with two attached hydrogens (primary N) is 1. The second kappa shape index (κ2) is 4.33. The summed E-state index contributed by atoms with van der Waals surface area (Å²) >= 11 is 1.73. The highest BCUT2D eigenvalue weighted by atomic mass is 32.1. The van der Waals surface area contributed by atoms with Gasteiger partial charge in [0.05, 0.1) is 5.69 Å². The van der Waals surface area contributed by atoms with Crippen LogP contribution in [0.2, 0.25) is 0 Å². The molecule has 2 aromatic heterocycles. The SMILES string of the molecule is Nc1ccnc(Nc2nc3c(s2)CCCC3)c1. The van der Waals surface area contributed by atoms with Crippen molar-refractivity contribution in [1.29, 1.82) is 0 Å². The van der Waals surface area contributed by atoms with Crippen LogP contribution in [0.25, 0.3) is 0 Å². The van der Waals surface area contributed by atoms with E-state index in [1.165, 1.54) is 29.8 Å². The Morgan fingerprint density at radius 3 is 3.00 bits per heavy atom. The van der Waals surface area contributed by atoms with E-state index in [9.17, 15) is 0 Å². The number of nitrogens with one attached hydrogen (secondary N) is 1. The fourth-order valence-electron chi connectivity index (χ4n) is 2.03. The first-order valence-corrected chi connectivity index (χ1v) is 6.60. The minimum Gasteiger partial charge on any atom is -0.399 e. The number of aromatic nitrogens is 2. The molecule has 0 atom stereocenters. The molecule has 4 nitrogen and oxygen atoms in total. The Bertz CT molecular complexity index is 512. The molecule has 0 spiro atoms. The summed E-state index contributed by atoms with van der Waals surface area (Å²) in [7, 11) is 0. The Hall–Kier alpha value is -1.62. The zero-order valence-electron chi connectivity index (χ0n) is 9.44. The molecule has 3 rings (SSSR count). The molecule has 0 fully saturated rings. The normalized spacial score (nSPS) is 14.4. The van der Waals surface area contributed by atoms with Gasteiger partial charge in [-0.25, -0.2) is 9.97 Å². The van der Waals surface area contributed by atoms with E-state index < -0.39 is 0 Å². The molecule has 0 aliphatic heterocycles. The van der Waals surface area contributed by atoms with E-state index in [4.69, 9.17) is 5.73 Å². The molecule has 1 aliphatic rings. The summed E-state index contributed by atoms with van der Waals surface area (Å²) in [6, 6.07) is 3.60. The zero-order chi connectivity index (χ0) is 11.7. The van der Waals surface area contributed by atoms with Gasteiger partial charge in [-0.15, -0.1) is 11.3 Å². The van der Waals surface area contributed by atoms with Crippen molar-refractivity contribution in [2.75, 3.05) is 11.1 Å². The number of pyridine rings is 1. The number of nitrogens with zero attached hydrogens (tertiary/aromatic N) is 2. The van der Waals surface area contributed by atoms with Crippen molar-refractivity contribution >= 4 is 28.0 Å². The fourth-order valence-corrected chi connectivity index (χ4v) is 3.09. The van der Waals surface area contributed by atoms with E-state index in [2.05, 4.69) is 15.3 Å². The number of hydrogen-bond acceptors (Lipinski definition) is 5. The zero-order valence-corrected chi connectivity index (χ0v) is 10.3. The number of thiazole rings is 1. The summed E-state index contributed by atoms with van der Waals surface area (Å²) < 4.78 is 0. The Balaban J connectivity index is 1.83. The highest BCUT2D eigenvalue weighted by molar-refractivity contribution is 7.15. The summed E-state index contributed by atoms with van der Waals surface area (Å²) in [5.74, 6) is 0.760. The third-order valence-corrected chi connectivity index (χ3v) is 3.94. The lowest BCUT2D eigenvalue weighted by Gasteiger charge is -2.06. The average molecular weight is 246 g/mol. The molecule has 0 radical (unpaired) electrons. The van der Waals surface area contributed by atoms with Gasteiger partial charge in [0.15, 0.2) is 5.13 Å². The molecule has 1 aliphatic carbocycles. The molecule has 2 aromatic rings. The predicted molar refractivity (Wildman–Crippen MR) is 70.7 cm³/mol. The lowest BCUT2D eigenvalue weighted by atomic mass is 10.0. The molecule has 2 heterocycles. The molecule has 0 amide bonds. The standard InChI is InChI=1S/C12H14N4S/c13-8-5-6-14-11(7-8)16-12-15-9-3-1-2-4-10(9)17-12/h5-7H,1-4H2,(H3,13,14,15,16).